The van der Waals surface area contributed by atoms with Gasteiger partial charge in [0.1, 0.15) is 12.3 Å². The van der Waals surface area contributed by atoms with E-state index in [1.807, 2.05) is 35.0 Å². The number of benzene rings is 1. The van der Waals surface area contributed by atoms with Crippen molar-refractivity contribution in [3.63, 3.8) is 0 Å². The summed E-state index contributed by atoms with van der Waals surface area (Å²) in [5, 5.41) is 1.03. The number of ether oxygens (including phenoxy) is 1. The van der Waals surface area contributed by atoms with E-state index in [2.05, 4.69) is 0 Å². The van der Waals surface area contributed by atoms with Gasteiger partial charge in [0.2, 0.25) is 11.8 Å². The maximum absolute atomic E-state index is 12.4. The minimum Gasteiger partial charge on any atom is -0.497 e. The number of aromatic nitrogens is 1. The molecule has 22 heavy (non-hydrogen) atoms. The van der Waals surface area contributed by atoms with Gasteiger partial charge in [0.05, 0.1) is 13.0 Å². The highest BCUT2D eigenvalue weighted by Crippen LogP contribution is 2.22. The van der Waals surface area contributed by atoms with Crippen LogP contribution in [0.4, 0.5) is 0 Å². The second-order valence-electron chi connectivity index (χ2n) is 5.60. The lowest BCUT2D eigenvalue weighted by atomic mass is 10.1. The van der Waals surface area contributed by atoms with Crippen molar-refractivity contribution in [2.45, 2.75) is 13.0 Å². The third-order valence-electron chi connectivity index (χ3n) is 4.23. The maximum atomic E-state index is 12.4. The fraction of sp³-hybridized carbons (Fsp3) is 0.375. The van der Waals surface area contributed by atoms with E-state index in [4.69, 9.17) is 10.5 Å². The van der Waals surface area contributed by atoms with Crippen molar-refractivity contribution < 1.29 is 14.3 Å². The van der Waals surface area contributed by atoms with Crippen LogP contribution >= 0.6 is 0 Å². The summed E-state index contributed by atoms with van der Waals surface area (Å²) >= 11 is 0. The third-order valence-corrected chi connectivity index (χ3v) is 4.23. The molecule has 2 heterocycles. The van der Waals surface area contributed by atoms with Gasteiger partial charge in [-0.2, -0.15) is 0 Å². The van der Waals surface area contributed by atoms with Crippen molar-refractivity contribution in [3.05, 3.63) is 30.5 Å². The molecular formula is C16H19N3O3. The van der Waals surface area contributed by atoms with Crippen LogP contribution < -0.4 is 10.5 Å². The molecule has 0 aliphatic carbocycles. The second-order valence-corrected chi connectivity index (χ2v) is 5.60. The molecule has 2 N–H and O–H groups in total. The number of rotatable bonds is 4. The van der Waals surface area contributed by atoms with E-state index < -0.39 is 0 Å². The number of nitrogens with zero attached hydrogens (tertiary/aromatic N) is 2. The Bertz CT molecular complexity index is 722. The molecule has 1 aromatic heterocycles. The quantitative estimate of drug-likeness (QED) is 0.914. The molecule has 0 saturated carbocycles. The molecular weight excluding hydrogens is 282 g/mol. The number of carbonyl (C=O) groups is 2. The van der Waals surface area contributed by atoms with Gasteiger partial charge in [0.15, 0.2) is 0 Å². The van der Waals surface area contributed by atoms with E-state index in [9.17, 15) is 9.59 Å². The maximum Gasteiger partial charge on any atom is 0.242 e. The predicted octanol–water partition coefficient (Wildman–Crippen LogP) is 0.984. The molecule has 1 saturated heterocycles. The standard InChI is InChI=1S/C16H19N3O3/c1-22-13-2-3-14-11(8-13)4-6-18(14)10-15(20)19-7-5-12(9-19)16(17)21/h2-4,6,8,12H,5,7,9-10H2,1H3,(H2,17,21). The van der Waals surface area contributed by atoms with Gasteiger partial charge in [-0.15, -0.1) is 0 Å². The van der Waals surface area contributed by atoms with Crippen molar-refractivity contribution in [1.82, 2.24) is 9.47 Å². The average Bonchev–Trinajstić information content (AvgIpc) is 3.14. The first-order valence-electron chi connectivity index (χ1n) is 7.28. The minimum atomic E-state index is -0.325. The number of fused-ring (bicyclic) bond motifs is 1. The minimum absolute atomic E-state index is 0.0112. The van der Waals surface area contributed by atoms with Gasteiger partial charge in [-0.25, -0.2) is 0 Å². The Hall–Kier alpha value is -2.50. The number of likely N-dealkylation sites (tertiary alicyclic amines) is 1. The molecule has 1 unspecified atom stereocenters. The smallest absolute Gasteiger partial charge is 0.242 e. The first kappa shape index (κ1) is 14.4. The second kappa shape index (κ2) is 5.71. The van der Waals surface area contributed by atoms with Crippen molar-refractivity contribution >= 4 is 22.7 Å². The number of hydrogen-bond acceptors (Lipinski definition) is 3. The molecule has 116 valence electrons. The monoisotopic (exact) mass is 301 g/mol. The van der Waals surface area contributed by atoms with Crippen molar-refractivity contribution in [2.24, 2.45) is 11.7 Å². The topological polar surface area (TPSA) is 77.6 Å². The molecule has 2 amide bonds. The largest absolute Gasteiger partial charge is 0.497 e. The zero-order chi connectivity index (χ0) is 15.7. The van der Waals surface area contributed by atoms with Gasteiger partial charge in [0.25, 0.3) is 0 Å². The summed E-state index contributed by atoms with van der Waals surface area (Å²) in [6.07, 6.45) is 2.55. The highest BCUT2D eigenvalue weighted by molar-refractivity contribution is 5.85. The van der Waals surface area contributed by atoms with E-state index in [-0.39, 0.29) is 24.3 Å². The fourth-order valence-electron chi connectivity index (χ4n) is 2.91. The van der Waals surface area contributed by atoms with Crippen LogP contribution in [0.5, 0.6) is 5.75 Å². The van der Waals surface area contributed by atoms with Crippen LogP contribution in [-0.2, 0) is 16.1 Å². The van der Waals surface area contributed by atoms with Crippen LogP contribution in [-0.4, -0.2) is 41.5 Å². The SMILES string of the molecule is COc1ccc2c(ccn2CC(=O)N2CCC(C(N)=O)C2)c1. The van der Waals surface area contributed by atoms with E-state index in [0.29, 0.717) is 19.5 Å². The molecule has 6 nitrogen and oxygen atoms in total. The van der Waals surface area contributed by atoms with E-state index >= 15 is 0 Å². The lowest BCUT2D eigenvalue weighted by Gasteiger charge is -2.16. The van der Waals surface area contributed by atoms with Gasteiger partial charge < -0.3 is 19.9 Å². The Balaban J connectivity index is 1.73. The van der Waals surface area contributed by atoms with Crippen LogP contribution in [0.3, 0.4) is 0 Å². The van der Waals surface area contributed by atoms with Crippen LogP contribution in [0.2, 0.25) is 0 Å². The molecule has 1 atom stereocenters. The summed E-state index contributed by atoms with van der Waals surface area (Å²) in [6.45, 7) is 1.29. The number of amides is 2. The summed E-state index contributed by atoms with van der Waals surface area (Å²) in [5.41, 5.74) is 6.29. The predicted molar refractivity (Wildman–Crippen MR) is 82.4 cm³/mol. The van der Waals surface area contributed by atoms with Crippen LogP contribution in [0.1, 0.15) is 6.42 Å². The molecule has 1 aliphatic heterocycles. The van der Waals surface area contributed by atoms with Crippen LogP contribution in [0.15, 0.2) is 30.5 Å². The van der Waals surface area contributed by atoms with Crippen molar-refractivity contribution in [3.8, 4) is 5.75 Å². The molecule has 2 aromatic rings. The molecule has 0 bridgehead atoms. The molecule has 1 aliphatic rings. The van der Waals surface area contributed by atoms with Gasteiger partial charge in [-0.1, -0.05) is 0 Å². The van der Waals surface area contributed by atoms with Crippen LogP contribution in [0, 0.1) is 5.92 Å². The van der Waals surface area contributed by atoms with Crippen molar-refractivity contribution in [1.29, 1.82) is 0 Å². The Labute approximate surface area is 128 Å². The number of primary amides is 1. The first-order valence-corrected chi connectivity index (χ1v) is 7.28. The summed E-state index contributed by atoms with van der Waals surface area (Å²) < 4.78 is 7.11. The normalized spacial score (nSPS) is 17.9. The highest BCUT2D eigenvalue weighted by Gasteiger charge is 2.29. The molecule has 3 rings (SSSR count). The number of methoxy groups -OCH3 is 1. The first-order chi connectivity index (χ1) is 10.6. The highest BCUT2D eigenvalue weighted by atomic mass is 16.5. The van der Waals surface area contributed by atoms with Crippen LogP contribution in [0.25, 0.3) is 10.9 Å². The lowest BCUT2D eigenvalue weighted by molar-refractivity contribution is -0.131. The molecule has 1 aromatic carbocycles. The van der Waals surface area contributed by atoms with Gasteiger partial charge in [-0.3, -0.25) is 9.59 Å². The number of carbonyl (C=O) groups excluding carboxylic acids is 2. The van der Waals surface area contributed by atoms with Gasteiger partial charge in [-0.05, 0) is 30.7 Å². The third kappa shape index (κ3) is 2.64. The summed E-state index contributed by atoms with van der Waals surface area (Å²) in [5.74, 6) is 0.265. The Morgan fingerprint density at radius 1 is 1.36 bits per heavy atom. The number of nitrogens with two attached hydrogens (primary N) is 1. The summed E-state index contributed by atoms with van der Waals surface area (Å²) in [6, 6.07) is 7.72. The fourth-order valence-corrected chi connectivity index (χ4v) is 2.91. The molecule has 0 spiro atoms. The van der Waals surface area contributed by atoms with Gasteiger partial charge in [0, 0.05) is 30.2 Å². The van der Waals surface area contributed by atoms with Gasteiger partial charge >= 0.3 is 0 Å². The summed E-state index contributed by atoms with van der Waals surface area (Å²) in [7, 11) is 1.63. The Morgan fingerprint density at radius 2 is 2.18 bits per heavy atom. The van der Waals surface area contributed by atoms with E-state index in [1.54, 1.807) is 12.0 Å². The molecule has 0 radical (unpaired) electrons. The Morgan fingerprint density at radius 3 is 2.86 bits per heavy atom. The van der Waals surface area contributed by atoms with E-state index in [1.165, 1.54) is 0 Å². The zero-order valence-electron chi connectivity index (χ0n) is 12.5. The average molecular weight is 301 g/mol. The lowest BCUT2D eigenvalue weighted by Crippen LogP contribution is -2.33. The summed E-state index contributed by atoms with van der Waals surface area (Å²) in [4.78, 5) is 25.3. The number of hydrogen-bond donors (Lipinski definition) is 1. The molecule has 1 fully saturated rings. The van der Waals surface area contributed by atoms with Crippen molar-refractivity contribution in [2.75, 3.05) is 20.2 Å². The van der Waals surface area contributed by atoms with E-state index in [0.717, 1.165) is 16.7 Å². The molecule has 6 heteroatoms. The zero-order valence-corrected chi connectivity index (χ0v) is 12.5. The Kier molecular flexibility index (Phi) is 3.75.